The third kappa shape index (κ3) is 6.68. The van der Waals surface area contributed by atoms with Crippen LogP contribution in [0.1, 0.15) is 54.0 Å². The van der Waals surface area contributed by atoms with Gasteiger partial charge in [-0.25, -0.2) is 9.80 Å². The molecule has 1 aromatic rings. The first-order valence-corrected chi connectivity index (χ1v) is 10.2. The maximum absolute atomic E-state index is 13.2. The SMILES string of the molecule is C[C@H]1C(C(=O)OC(C)(C)C)=NN(CC(=O)OC(C)(C)C)C(=O)[C@H]1Cc1ccccc1. The predicted octanol–water partition coefficient (Wildman–Crippen LogP) is 3.36. The lowest BCUT2D eigenvalue weighted by atomic mass is 9.82. The summed E-state index contributed by atoms with van der Waals surface area (Å²) in [4.78, 5) is 38.3. The summed E-state index contributed by atoms with van der Waals surface area (Å²) in [6, 6.07) is 9.55. The van der Waals surface area contributed by atoms with Crippen molar-refractivity contribution in [1.82, 2.24) is 5.01 Å². The Kier molecular flexibility index (Phi) is 7.06. The summed E-state index contributed by atoms with van der Waals surface area (Å²) in [7, 11) is 0. The molecule has 0 fully saturated rings. The van der Waals surface area contributed by atoms with Crippen LogP contribution in [0, 0.1) is 11.8 Å². The van der Waals surface area contributed by atoms with Gasteiger partial charge in [-0.15, -0.1) is 0 Å². The van der Waals surface area contributed by atoms with Gasteiger partial charge in [0.05, 0.1) is 5.92 Å². The second kappa shape index (κ2) is 8.98. The molecule has 7 nitrogen and oxygen atoms in total. The summed E-state index contributed by atoms with van der Waals surface area (Å²) in [5.41, 5.74) is -0.296. The highest BCUT2D eigenvalue weighted by Gasteiger charge is 2.42. The molecule has 0 radical (unpaired) electrons. The molecule has 1 aliphatic heterocycles. The van der Waals surface area contributed by atoms with Gasteiger partial charge in [-0.05, 0) is 53.5 Å². The topological polar surface area (TPSA) is 85.3 Å². The molecule has 0 saturated carbocycles. The summed E-state index contributed by atoms with van der Waals surface area (Å²) in [6.45, 7) is 12.0. The van der Waals surface area contributed by atoms with Crippen molar-refractivity contribution in [3.05, 3.63) is 35.9 Å². The largest absolute Gasteiger partial charge is 0.459 e. The first-order chi connectivity index (χ1) is 13.8. The molecular weight excluding hydrogens is 384 g/mol. The molecule has 30 heavy (non-hydrogen) atoms. The van der Waals surface area contributed by atoms with Gasteiger partial charge in [-0.1, -0.05) is 37.3 Å². The predicted molar refractivity (Wildman–Crippen MR) is 114 cm³/mol. The molecule has 7 heteroatoms. The minimum Gasteiger partial charge on any atom is -0.459 e. The van der Waals surface area contributed by atoms with Crippen LogP contribution >= 0.6 is 0 Å². The van der Waals surface area contributed by atoms with Crippen LogP contribution in [-0.4, -0.2) is 46.3 Å². The number of carbonyl (C=O) groups excluding carboxylic acids is 3. The van der Waals surface area contributed by atoms with E-state index in [-0.39, 0.29) is 18.2 Å². The Bertz CT molecular complexity index is 818. The Labute approximate surface area is 178 Å². The minimum absolute atomic E-state index is 0.133. The van der Waals surface area contributed by atoms with Crippen molar-refractivity contribution in [2.45, 2.75) is 66.1 Å². The third-order valence-corrected chi connectivity index (χ3v) is 4.44. The monoisotopic (exact) mass is 416 g/mol. The number of nitrogens with zero attached hydrogens (tertiary/aromatic N) is 2. The van der Waals surface area contributed by atoms with Crippen LogP contribution in [0.3, 0.4) is 0 Å². The molecule has 0 aliphatic carbocycles. The Morgan fingerprint density at radius 2 is 1.57 bits per heavy atom. The normalized spacial score (nSPS) is 19.9. The molecule has 0 N–H and O–H groups in total. The highest BCUT2D eigenvalue weighted by atomic mass is 16.6. The number of benzene rings is 1. The van der Waals surface area contributed by atoms with E-state index in [1.54, 1.807) is 48.5 Å². The highest BCUT2D eigenvalue weighted by molar-refractivity contribution is 6.38. The molecule has 1 aromatic carbocycles. The van der Waals surface area contributed by atoms with Crippen LogP contribution in [-0.2, 0) is 30.3 Å². The molecular formula is C23H32N2O5. The van der Waals surface area contributed by atoms with Crippen molar-refractivity contribution in [2.75, 3.05) is 6.54 Å². The molecule has 0 saturated heterocycles. The van der Waals surface area contributed by atoms with Gasteiger partial charge in [0.15, 0.2) is 0 Å². The van der Waals surface area contributed by atoms with E-state index in [1.165, 1.54) is 0 Å². The van der Waals surface area contributed by atoms with Crippen LogP contribution in [0.4, 0.5) is 0 Å². The number of hydrogen-bond donors (Lipinski definition) is 0. The van der Waals surface area contributed by atoms with Gasteiger partial charge in [-0.2, -0.15) is 5.10 Å². The molecule has 1 aliphatic rings. The van der Waals surface area contributed by atoms with E-state index >= 15 is 0 Å². The number of carbonyl (C=O) groups is 3. The molecule has 1 heterocycles. The van der Waals surface area contributed by atoms with E-state index in [2.05, 4.69) is 5.10 Å². The van der Waals surface area contributed by atoms with E-state index in [4.69, 9.17) is 9.47 Å². The molecule has 2 atom stereocenters. The van der Waals surface area contributed by atoms with Crippen molar-refractivity contribution in [3.63, 3.8) is 0 Å². The van der Waals surface area contributed by atoms with E-state index < -0.39 is 35.0 Å². The maximum Gasteiger partial charge on any atom is 0.355 e. The zero-order valence-electron chi connectivity index (χ0n) is 18.9. The standard InChI is InChI=1S/C23H32N2O5/c1-15-17(13-16-11-9-8-10-12-16)20(27)25(14-18(26)29-22(2,3)4)24-19(15)21(28)30-23(5,6)7/h8-12,15,17H,13-14H2,1-7H3/t15-,17+/m1/s1. The van der Waals surface area contributed by atoms with Crippen LogP contribution in [0.2, 0.25) is 0 Å². The van der Waals surface area contributed by atoms with Gasteiger partial charge < -0.3 is 9.47 Å². The maximum atomic E-state index is 13.2. The van der Waals surface area contributed by atoms with Crippen molar-refractivity contribution in [3.8, 4) is 0 Å². The Hall–Kier alpha value is -2.70. The van der Waals surface area contributed by atoms with E-state index in [0.29, 0.717) is 6.42 Å². The summed E-state index contributed by atoms with van der Waals surface area (Å²) in [5, 5.41) is 5.26. The van der Waals surface area contributed by atoms with Gasteiger partial charge in [0.2, 0.25) is 5.91 Å². The number of amides is 1. The average Bonchev–Trinajstić information content (AvgIpc) is 2.58. The molecule has 0 unspecified atom stereocenters. The lowest BCUT2D eigenvalue weighted by Crippen LogP contribution is -2.49. The number of esters is 2. The molecule has 2 rings (SSSR count). The number of rotatable bonds is 5. The van der Waals surface area contributed by atoms with E-state index in [0.717, 1.165) is 10.6 Å². The van der Waals surface area contributed by atoms with E-state index in [9.17, 15) is 14.4 Å². The Balaban J connectivity index is 2.34. The first kappa shape index (κ1) is 23.6. The number of hydrogen-bond acceptors (Lipinski definition) is 6. The number of hydrazone groups is 1. The van der Waals surface area contributed by atoms with Gasteiger partial charge in [0, 0.05) is 5.92 Å². The summed E-state index contributed by atoms with van der Waals surface area (Å²) in [6.07, 6.45) is 0.424. The lowest BCUT2D eigenvalue weighted by molar-refractivity contribution is -0.160. The van der Waals surface area contributed by atoms with Crippen molar-refractivity contribution < 1.29 is 23.9 Å². The van der Waals surface area contributed by atoms with Gasteiger partial charge in [-0.3, -0.25) is 9.59 Å². The number of ether oxygens (including phenoxy) is 2. The zero-order valence-corrected chi connectivity index (χ0v) is 18.9. The summed E-state index contributed by atoms with van der Waals surface area (Å²) >= 11 is 0. The third-order valence-electron chi connectivity index (χ3n) is 4.44. The smallest absolute Gasteiger partial charge is 0.355 e. The van der Waals surface area contributed by atoms with Crippen molar-refractivity contribution in [1.29, 1.82) is 0 Å². The molecule has 164 valence electrons. The Morgan fingerprint density at radius 1 is 1.00 bits per heavy atom. The first-order valence-electron chi connectivity index (χ1n) is 10.2. The molecule has 0 spiro atoms. The van der Waals surface area contributed by atoms with Crippen molar-refractivity contribution >= 4 is 23.6 Å². The Morgan fingerprint density at radius 3 is 2.10 bits per heavy atom. The van der Waals surface area contributed by atoms with Crippen LogP contribution in [0.5, 0.6) is 0 Å². The quantitative estimate of drug-likeness (QED) is 0.687. The van der Waals surface area contributed by atoms with Crippen molar-refractivity contribution in [2.24, 2.45) is 16.9 Å². The fourth-order valence-electron chi connectivity index (χ4n) is 3.16. The highest BCUT2D eigenvalue weighted by Crippen LogP contribution is 2.28. The summed E-state index contributed by atoms with van der Waals surface area (Å²) < 4.78 is 10.8. The second-order valence-electron chi connectivity index (χ2n) is 9.55. The second-order valence-corrected chi connectivity index (χ2v) is 9.55. The summed E-state index contributed by atoms with van der Waals surface area (Å²) in [5.74, 6) is -2.49. The van der Waals surface area contributed by atoms with Gasteiger partial charge in [0.1, 0.15) is 23.5 Å². The average molecular weight is 417 g/mol. The fraction of sp³-hybridized carbons (Fsp3) is 0.565. The van der Waals surface area contributed by atoms with Gasteiger partial charge >= 0.3 is 11.9 Å². The zero-order chi connectivity index (χ0) is 22.7. The van der Waals surface area contributed by atoms with Crippen LogP contribution in [0.25, 0.3) is 0 Å². The molecule has 1 amide bonds. The fourth-order valence-corrected chi connectivity index (χ4v) is 3.16. The lowest BCUT2D eigenvalue weighted by Gasteiger charge is -2.34. The molecule has 0 bridgehead atoms. The van der Waals surface area contributed by atoms with Gasteiger partial charge in [0.25, 0.3) is 0 Å². The van der Waals surface area contributed by atoms with E-state index in [1.807, 2.05) is 30.3 Å². The van der Waals surface area contributed by atoms with Crippen LogP contribution in [0.15, 0.2) is 35.4 Å². The minimum atomic E-state index is -0.703. The molecule has 0 aromatic heterocycles. The van der Waals surface area contributed by atoms with Crippen LogP contribution < -0.4 is 0 Å².